The number of ether oxygens (including phenoxy) is 2. The molecule has 0 aliphatic heterocycles. The molecule has 0 fully saturated rings. The first kappa shape index (κ1) is 21.1. The van der Waals surface area contributed by atoms with E-state index < -0.39 is 0 Å². The van der Waals surface area contributed by atoms with Gasteiger partial charge in [0, 0.05) is 4.88 Å². The molecule has 0 unspecified atom stereocenters. The van der Waals surface area contributed by atoms with Crippen molar-refractivity contribution >= 4 is 43.7 Å². The lowest BCUT2D eigenvalue weighted by Crippen LogP contribution is -2.18. The van der Waals surface area contributed by atoms with Gasteiger partial charge in [0.25, 0.3) is 5.56 Å². The largest absolute Gasteiger partial charge is 0.490 e. The van der Waals surface area contributed by atoms with Crippen molar-refractivity contribution in [3.8, 4) is 11.5 Å². The molecule has 0 atom stereocenters. The minimum absolute atomic E-state index is 0.109. The molecule has 0 N–H and O–H groups in total. The van der Waals surface area contributed by atoms with Gasteiger partial charge in [0.05, 0.1) is 29.3 Å². The van der Waals surface area contributed by atoms with E-state index in [0.717, 1.165) is 45.9 Å². The summed E-state index contributed by atoms with van der Waals surface area (Å²) < 4.78 is 13.7. The van der Waals surface area contributed by atoms with Gasteiger partial charge in [-0.05, 0) is 78.2 Å². The van der Waals surface area contributed by atoms with Crippen LogP contribution in [0.5, 0.6) is 11.5 Å². The van der Waals surface area contributed by atoms with Crippen molar-refractivity contribution in [3.05, 3.63) is 49.3 Å². The Balaban J connectivity index is 1.69. The average molecular weight is 490 g/mol. The van der Waals surface area contributed by atoms with Crippen molar-refractivity contribution in [2.75, 3.05) is 13.2 Å². The van der Waals surface area contributed by atoms with Crippen molar-refractivity contribution in [2.24, 2.45) is 5.10 Å². The van der Waals surface area contributed by atoms with Crippen molar-refractivity contribution in [3.63, 3.8) is 0 Å². The fourth-order valence-corrected chi connectivity index (χ4v) is 5.41. The van der Waals surface area contributed by atoms with Gasteiger partial charge in [-0.3, -0.25) is 4.79 Å². The zero-order valence-corrected chi connectivity index (χ0v) is 19.5. The quantitative estimate of drug-likeness (QED) is 0.429. The molecule has 0 saturated heterocycles. The number of hydrogen-bond acceptors (Lipinski definition) is 6. The number of nitrogens with zero attached hydrogens (tertiary/aromatic N) is 3. The van der Waals surface area contributed by atoms with Crippen LogP contribution in [0.25, 0.3) is 10.2 Å². The summed E-state index contributed by atoms with van der Waals surface area (Å²) in [7, 11) is 0. The van der Waals surface area contributed by atoms with Gasteiger partial charge < -0.3 is 9.47 Å². The van der Waals surface area contributed by atoms with E-state index >= 15 is 0 Å². The molecule has 0 spiro atoms. The van der Waals surface area contributed by atoms with Crippen LogP contribution in [-0.4, -0.2) is 29.1 Å². The van der Waals surface area contributed by atoms with Gasteiger partial charge in [-0.2, -0.15) is 9.78 Å². The maximum atomic E-state index is 13.1. The molecule has 0 radical (unpaired) electrons. The Morgan fingerprint density at radius 3 is 2.90 bits per heavy atom. The van der Waals surface area contributed by atoms with E-state index in [1.165, 1.54) is 27.9 Å². The maximum Gasteiger partial charge on any atom is 0.282 e. The summed E-state index contributed by atoms with van der Waals surface area (Å²) >= 11 is 5.20. The van der Waals surface area contributed by atoms with Gasteiger partial charge in [-0.25, -0.2) is 4.98 Å². The second-order valence-electron chi connectivity index (χ2n) is 7.14. The lowest BCUT2D eigenvalue weighted by atomic mass is 9.97. The van der Waals surface area contributed by atoms with E-state index in [1.54, 1.807) is 17.6 Å². The molecule has 8 heteroatoms. The van der Waals surface area contributed by atoms with Gasteiger partial charge >= 0.3 is 0 Å². The smallest absolute Gasteiger partial charge is 0.282 e. The Labute approximate surface area is 187 Å². The van der Waals surface area contributed by atoms with Gasteiger partial charge in [0.2, 0.25) is 0 Å². The van der Waals surface area contributed by atoms with Crippen LogP contribution >= 0.6 is 27.3 Å². The highest BCUT2D eigenvalue weighted by atomic mass is 79.9. The van der Waals surface area contributed by atoms with Crippen LogP contribution in [0.3, 0.4) is 0 Å². The first-order valence-electron chi connectivity index (χ1n) is 10.3. The number of aryl methyl sites for hydroxylation is 2. The molecule has 1 aliphatic carbocycles. The van der Waals surface area contributed by atoms with E-state index in [1.807, 2.05) is 19.1 Å². The zero-order valence-electron chi connectivity index (χ0n) is 17.1. The molecule has 2 heterocycles. The molecule has 3 aromatic rings. The van der Waals surface area contributed by atoms with Crippen molar-refractivity contribution in [1.82, 2.24) is 9.66 Å². The number of hydrogen-bond donors (Lipinski definition) is 0. The summed E-state index contributed by atoms with van der Waals surface area (Å²) in [4.78, 5) is 19.7. The second-order valence-corrected chi connectivity index (χ2v) is 9.08. The Morgan fingerprint density at radius 2 is 2.10 bits per heavy atom. The second kappa shape index (κ2) is 9.31. The van der Waals surface area contributed by atoms with Crippen LogP contribution in [0.1, 0.15) is 49.1 Å². The van der Waals surface area contributed by atoms with Gasteiger partial charge in [-0.1, -0.05) is 6.92 Å². The highest BCUT2D eigenvalue weighted by Crippen LogP contribution is 2.37. The van der Waals surface area contributed by atoms with Gasteiger partial charge in [0.15, 0.2) is 11.5 Å². The highest BCUT2D eigenvalue weighted by molar-refractivity contribution is 9.10. The van der Waals surface area contributed by atoms with Gasteiger partial charge in [0.1, 0.15) is 11.2 Å². The van der Waals surface area contributed by atoms with Crippen molar-refractivity contribution < 1.29 is 9.47 Å². The zero-order chi connectivity index (χ0) is 21.1. The number of aromatic nitrogens is 2. The summed E-state index contributed by atoms with van der Waals surface area (Å²) in [5.41, 5.74) is 1.86. The fraction of sp³-hybridized carbons (Fsp3) is 0.409. The van der Waals surface area contributed by atoms with E-state index in [-0.39, 0.29) is 5.56 Å². The van der Waals surface area contributed by atoms with Crippen LogP contribution in [0.2, 0.25) is 0 Å². The third-order valence-electron chi connectivity index (χ3n) is 4.97. The molecule has 1 aliphatic rings. The number of halogens is 1. The highest BCUT2D eigenvalue weighted by Gasteiger charge is 2.20. The topological polar surface area (TPSA) is 65.7 Å². The molecule has 30 heavy (non-hydrogen) atoms. The van der Waals surface area contributed by atoms with Crippen LogP contribution in [0.4, 0.5) is 0 Å². The number of fused-ring (bicyclic) bond motifs is 3. The number of thiophene rings is 1. The van der Waals surface area contributed by atoms with Crippen LogP contribution in [-0.2, 0) is 12.8 Å². The minimum Gasteiger partial charge on any atom is -0.490 e. The SMILES string of the molecule is CCCOc1c(Br)cc(C=Nn2cnc3sc4c(c3c2=O)CCCC4)cc1OCC. The van der Waals surface area contributed by atoms with E-state index in [9.17, 15) is 4.79 Å². The van der Waals surface area contributed by atoms with Crippen LogP contribution in [0, 0.1) is 0 Å². The normalized spacial score (nSPS) is 13.7. The summed E-state index contributed by atoms with van der Waals surface area (Å²) in [6.07, 6.45) is 8.35. The molecular weight excluding hydrogens is 466 g/mol. The van der Waals surface area contributed by atoms with Crippen molar-refractivity contribution in [1.29, 1.82) is 0 Å². The lowest BCUT2D eigenvalue weighted by molar-refractivity contribution is 0.275. The third-order valence-corrected chi connectivity index (χ3v) is 6.76. The molecule has 2 aromatic heterocycles. The Morgan fingerprint density at radius 1 is 1.27 bits per heavy atom. The van der Waals surface area contributed by atoms with E-state index in [4.69, 9.17) is 9.47 Å². The summed E-state index contributed by atoms with van der Waals surface area (Å²) in [5.74, 6) is 1.33. The molecule has 0 bridgehead atoms. The number of rotatable bonds is 7. The van der Waals surface area contributed by atoms with E-state index in [0.29, 0.717) is 24.7 Å². The molecule has 4 rings (SSSR count). The first-order valence-corrected chi connectivity index (χ1v) is 11.9. The summed E-state index contributed by atoms with van der Waals surface area (Å²) in [6.45, 7) is 5.12. The fourth-order valence-electron chi connectivity index (χ4n) is 3.62. The monoisotopic (exact) mass is 489 g/mol. The molecule has 6 nitrogen and oxygen atoms in total. The maximum absolute atomic E-state index is 13.1. The Hall–Kier alpha value is -2.19. The molecule has 158 valence electrons. The first-order chi connectivity index (χ1) is 14.6. The van der Waals surface area contributed by atoms with Crippen LogP contribution in [0.15, 0.2) is 32.8 Å². The van der Waals surface area contributed by atoms with Crippen LogP contribution < -0.4 is 15.0 Å². The number of benzene rings is 1. The van der Waals surface area contributed by atoms with E-state index in [2.05, 4.69) is 32.9 Å². The standard InChI is InChI=1S/C22H24BrN3O3S/c1-3-9-29-20-16(23)10-14(11-17(20)28-4-2)12-25-26-13-24-21-19(22(26)27)15-7-5-6-8-18(15)30-21/h10-13H,3-9H2,1-2H3. The summed E-state index contributed by atoms with van der Waals surface area (Å²) in [5, 5.41) is 5.12. The predicted molar refractivity (Wildman–Crippen MR) is 125 cm³/mol. The van der Waals surface area contributed by atoms with Crippen molar-refractivity contribution in [2.45, 2.75) is 46.0 Å². The Kier molecular flexibility index (Phi) is 6.53. The molecule has 0 saturated carbocycles. The average Bonchev–Trinajstić information content (AvgIpc) is 3.12. The minimum atomic E-state index is -0.109. The predicted octanol–water partition coefficient (Wildman–Crippen LogP) is 5.17. The van der Waals surface area contributed by atoms with Gasteiger partial charge in [-0.15, -0.1) is 11.3 Å². The molecular formula is C22H24BrN3O3S. The Bertz CT molecular complexity index is 1150. The molecule has 1 aromatic carbocycles. The molecule has 0 amide bonds. The lowest BCUT2D eigenvalue weighted by Gasteiger charge is -2.14. The third kappa shape index (κ3) is 4.16. The summed E-state index contributed by atoms with van der Waals surface area (Å²) in [6, 6.07) is 3.77.